The second-order valence-corrected chi connectivity index (χ2v) is 11.2. The van der Waals surface area contributed by atoms with Crippen LogP contribution in [0.1, 0.15) is 36.8 Å². The van der Waals surface area contributed by atoms with Crippen LogP contribution in [0.25, 0.3) is 0 Å². The molecule has 0 unspecified atom stereocenters. The molecule has 0 saturated heterocycles. The predicted octanol–water partition coefficient (Wildman–Crippen LogP) is 5.05. The Morgan fingerprint density at radius 3 is 2.23 bits per heavy atom. The predicted molar refractivity (Wildman–Crippen MR) is 164 cm³/mol. The van der Waals surface area contributed by atoms with Gasteiger partial charge in [-0.1, -0.05) is 18.2 Å². The van der Waals surface area contributed by atoms with Gasteiger partial charge in [-0.2, -0.15) is 0 Å². The first-order valence-corrected chi connectivity index (χ1v) is 13.9. The quantitative estimate of drug-likeness (QED) is 0.315. The largest absolute Gasteiger partial charge is 0.486 e. The maximum Gasteiger partial charge on any atom is 0.412 e. The molecule has 0 fully saturated rings. The Hall–Kier alpha value is -4.84. The van der Waals surface area contributed by atoms with Gasteiger partial charge in [-0.3, -0.25) is 15.1 Å². The molecule has 0 aliphatic carbocycles. The maximum atomic E-state index is 13.3. The van der Waals surface area contributed by atoms with E-state index < -0.39 is 17.6 Å². The van der Waals surface area contributed by atoms with Crippen molar-refractivity contribution in [2.45, 2.75) is 32.9 Å². The molecule has 2 heterocycles. The standard InChI is InChI=1S/C31H38N6O6/c1-31(2,3)43-30(40)35-24-9-7-6-8-23(24)34-28(38)25-12-10-21(19-32-25)20-37(15-14-36(4)5)29(39)33-22-11-13-26-27(18-22)42-17-16-41-26/h6-13,18-19H,14-17,20H2,1-5H3,(H,33,39)(H,34,38)(H,35,40). The van der Waals surface area contributed by atoms with Crippen LogP contribution in [0.2, 0.25) is 0 Å². The summed E-state index contributed by atoms with van der Waals surface area (Å²) in [6.45, 7) is 7.64. The maximum absolute atomic E-state index is 13.3. The first-order valence-electron chi connectivity index (χ1n) is 13.9. The molecule has 3 N–H and O–H groups in total. The van der Waals surface area contributed by atoms with E-state index in [2.05, 4.69) is 20.9 Å². The normalized spacial score (nSPS) is 12.3. The van der Waals surface area contributed by atoms with Crippen molar-refractivity contribution in [1.29, 1.82) is 0 Å². The van der Waals surface area contributed by atoms with E-state index in [9.17, 15) is 14.4 Å². The average Bonchev–Trinajstić information content (AvgIpc) is 2.95. The van der Waals surface area contributed by atoms with Crippen LogP contribution >= 0.6 is 0 Å². The highest BCUT2D eigenvalue weighted by molar-refractivity contribution is 6.05. The molecule has 1 aromatic heterocycles. The highest BCUT2D eigenvalue weighted by Gasteiger charge is 2.20. The number of benzene rings is 2. The summed E-state index contributed by atoms with van der Waals surface area (Å²) in [7, 11) is 3.88. The molecule has 228 valence electrons. The van der Waals surface area contributed by atoms with E-state index in [4.69, 9.17) is 14.2 Å². The fraction of sp³-hybridized carbons (Fsp3) is 0.355. The third kappa shape index (κ3) is 9.33. The van der Waals surface area contributed by atoms with Crippen LogP contribution in [-0.4, -0.2) is 78.8 Å². The summed E-state index contributed by atoms with van der Waals surface area (Å²) >= 11 is 0. The first-order chi connectivity index (χ1) is 20.5. The van der Waals surface area contributed by atoms with Gasteiger partial charge < -0.3 is 34.6 Å². The number of hydrogen-bond donors (Lipinski definition) is 3. The SMILES string of the molecule is CN(C)CCN(Cc1ccc(C(=O)Nc2ccccc2NC(=O)OC(C)(C)C)nc1)C(=O)Nc1ccc2c(c1)OCCO2. The number of nitrogens with zero attached hydrogens (tertiary/aromatic N) is 3. The van der Waals surface area contributed by atoms with Crippen LogP contribution in [-0.2, 0) is 11.3 Å². The fourth-order valence-electron chi connectivity index (χ4n) is 4.07. The van der Waals surface area contributed by atoms with E-state index in [1.807, 2.05) is 19.0 Å². The Morgan fingerprint density at radius 2 is 1.58 bits per heavy atom. The number of anilines is 3. The topological polar surface area (TPSA) is 134 Å². The lowest BCUT2D eigenvalue weighted by Crippen LogP contribution is -2.39. The van der Waals surface area contributed by atoms with Gasteiger partial charge in [0.25, 0.3) is 5.91 Å². The minimum atomic E-state index is -0.665. The number of nitrogens with one attached hydrogen (secondary N) is 3. The van der Waals surface area contributed by atoms with Crippen molar-refractivity contribution >= 4 is 35.1 Å². The number of ether oxygens (including phenoxy) is 3. The molecule has 43 heavy (non-hydrogen) atoms. The number of likely N-dealkylation sites (N-methyl/N-ethyl adjacent to an activating group) is 1. The summed E-state index contributed by atoms with van der Waals surface area (Å²) in [5.74, 6) is 0.780. The summed E-state index contributed by atoms with van der Waals surface area (Å²) in [6.07, 6.45) is 0.938. The number of carbonyl (C=O) groups excluding carboxylic acids is 3. The van der Waals surface area contributed by atoms with Gasteiger partial charge in [-0.25, -0.2) is 9.59 Å². The smallest absolute Gasteiger partial charge is 0.412 e. The third-order valence-electron chi connectivity index (χ3n) is 6.14. The number of para-hydroxylation sites is 2. The molecule has 1 aliphatic rings. The zero-order valence-corrected chi connectivity index (χ0v) is 25.1. The van der Waals surface area contributed by atoms with Crippen molar-refractivity contribution in [2.75, 3.05) is 56.3 Å². The van der Waals surface area contributed by atoms with E-state index in [0.29, 0.717) is 54.9 Å². The average molecular weight is 591 g/mol. The van der Waals surface area contributed by atoms with Crippen LogP contribution in [0.4, 0.5) is 26.7 Å². The second-order valence-electron chi connectivity index (χ2n) is 11.2. The van der Waals surface area contributed by atoms with Crippen molar-refractivity contribution in [2.24, 2.45) is 0 Å². The summed E-state index contributed by atoms with van der Waals surface area (Å²) in [6, 6.07) is 15.2. The van der Waals surface area contributed by atoms with Crippen molar-refractivity contribution in [1.82, 2.24) is 14.8 Å². The summed E-state index contributed by atoms with van der Waals surface area (Å²) in [4.78, 5) is 46.5. The summed E-state index contributed by atoms with van der Waals surface area (Å²) < 4.78 is 16.5. The molecule has 1 aliphatic heterocycles. The monoisotopic (exact) mass is 590 g/mol. The summed E-state index contributed by atoms with van der Waals surface area (Å²) in [5, 5.41) is 8.38. The van der Waals surface area contributed by atoms with Crippen LogP contribution in [0.15, 0.2) is 60.8 Å². The number of pyridine rings is 1. The van der Waals surface area contributed by atoms with Crippen LogP contribution < -0.4 is 25.4 Å². The molecule has 12 heteroatoms. The zero-order valence-electron chi connectivity index (χ0n) is 25.1. The number of amides is 4. The lowest BCUT2D eigenvalue weighted by atomic mass is 10.2. The van der Waals surface area contributed by atoms with Crippen LogP contribution in [0, 0.1) is 0 Å². The van der Waals surface area contributed by atoms with Gasteiger partial charge in [0, 0.05) is 37.6 Å². The van der Waals surface area contributed by atoms with Gasteiger partial charge in [0.15, 0.2) is 11.5 Å². The molecule has 0 spiro atoms. The van der Waals surface area contributed by atoms with Gasteiger partial charge in [0.05, 0.1) is 11.4 Å². The number of urea groups is 1. The van der Waals surface area contributed by atoms with Gasteiger partial charge in [-0.05, 0) is 70.8 Å². The van der Waals surface area contributed by atoms with Gasteiger partial charge in [-0.15, -0.1) is 0 Å². The lowest BCUT2D eigenvalue weighted by molar-refractivity contribution is 0.0635. The summed E-state index contributed by atoms with van der Waals surface area (Å²) in [5.41, 5.74) is 1.64. The molecule has 4 amide bonds. The Morgan fingerprint density at radius 1 is 0.884 bits per heavy atom. The molecule has 0 radical (unpaired) electrons. The van der Waals surface area contributed by atoms with E-state index in [0.717, 1.165) is 5.56 Å². The molecule has 3 aromatic rings. The number of hydrogen-bond acceptors (Lipinski definition) is 8. The van der Waals surface area contributed by atoms with Crippen molar-refractivity contribution in [3.8, 4) is 11.5 Å². The van der Waals surface area contributed by atoms with Gasteiger partial charge in [0.1, 0.15) is 24.5 Å². The molecule has 0 saturated carbocycles. The zero-order chi connectivity index (χ0) is 31.0. The lowest BCUT2D eigenvalue weighted by Gasteiger charge is -2.25. The molecule has 0 atom stereocenters. The molecule has 4 rings (SSSR count). The van der Waals surface area contributed by atoms with Gasteiger partial charge in [0.2, 0.25) is 0 Å². The first kappa shape index (κ1) is 31.1. The number of rotatable bonds is 9. The van der Waals surface area contributed by atoms with E-state index in [1.54, 1.807) is 86.5 Å². The van der Waals surface area contributed by atoms with Crippen molar-refractivity contribution < 1.29 is 28.6 Å². The number of fused-ring (bicyclic) bond motifs is 1. The third-order valence-corrected chi connectivity index (χ3v) is 6.14. The molecular weight excluding hydrogens is 552 g/mol. The fourth-order valence-corrected chi connectivity index (χ4v) is 4.07. The molecular formula is C31H38N6O6. The Labute approximate surface area is 251 Å². The van der Waals surface area contributed by atoms with Crippen LogP contribution in [0.3, 0.4) is 0 Å². The Balaban J connectivity index is 1.41. The molecule has 2 aromatic carbocycles. The Bertz CT molecular complexity index is 1440. The van der Waals surface area contributed by atoms with Gasteiger partial charge >= 0.3 is 12.1 Å². The number of aromatic nitrogens is 1. The number of carbonyl (C=O) groups is 3. The highest BCUT2D eigenvalue weighted by Crippen LogP contribution is 2.32. The second kappa shape index (κ2) is 13.9. The van der Waals surface area contributed by atoms with Crippen LogP contribution in [0.5, 0.6) is 11.5 Å². The molecule has 12 nitrogen and oxygen atoms in total. The van der Waals surface area contributed by atoms with Crippen molar-refractivity contribution in [3.63, 3.8) is 0 Å². The van der Waals surface area contributed by atoms with E-state index >= 15 is 0 Å². The Kier molecular flexibility index (Phi) is 10.0. The highest BCUT2D eigenvalue weighted by atomic mass is 16.6. The van der Waals surface area contributed by atoms with E-state index in [1.165, 1.54) is 0 Å². The van der Waals surface area contributed by atoms with Crippen molar-refractivity contribution in [3.05, 3.63) is 72.1 Å². The minimum absolute atomic E-state index is 0.177. The van der Waals surface area contributed by atoms with E-state index in [-0.39, 0.29) is 18.3 Å². The molecule has 0 bridgehead atoms. The minimum Gasteiger partial charge on any atom is -0.486 e.